The second-order valence-corrected chi connectivity index (χ2v) is 4.07. The number of carbonyl (C=O) groups excluding carboxylic acids is 1. The molecule has 6 nitrogen and oxygen atoms in total. The van der Waals surface area contributed by atoms with Crippen LogP contribution in [-0.2, 0) is 4.79 Å². The van der Waals surface area contributed by atoms with E-state index >= 15 is 0 Å². The van der Waals surface area contributed by atoms with Crippen molar-refractivity contribution in [1.82, 2.24) is 4.98 Å². The summed E-state index contributed by atoms with van der Waals surface area (Å²) >= 11 is 0. The summed E-state index contributed by atoms with van der Waals surface area (Å²) in [6, 6.07) is 3.10. The third-order valence-corrected chi connectivity index (χ3v) is 2.61. The van der Waals surface area contributed by atoms with Gasteiger partial charge >= 0.3 is 5.97 Å². The number of rotatable bonds is 6. The van der Waals surface area contributed by atoms with Crippen LogP contribution in [0.5, 0.6) is 0 Å². The van der Waals surface area contributed by atoms with Gasteiger partial charge in [0.2, 0.25) is 5.91 Å². The van der Waals surface area contributed by atoms with E-state index in [0.29, 0.717) is 23.5 Å². The van der Waals surface area contributed by atoms with Crippen molar-refractivity contribution in [3.63, 3.8) is 0 Å². The van der Waals surface area contributed by atoms with Crippen molar-refractivity contribution in [3.8, 4) is 0 Å². The van der Waals surface area contributed by atoms with E-state index in [1.54, 1.807) is 19.9 Å². The molecule has 98 valence electrons. The van der Waals surface area contributed by atoms with Crippen LogP contribution in [0, 0.1) is 12.8 Å². The molecule has 1 amide bonds. The SMILES string of the molecule is CCC(CNc1cc(C(N)=O)cc(C)n1)C(=O)O. The highest BCUT2D eigenvalue weighted by Gasteiger charge is 2.15. The molecule has 1 unspecified atom stereocenters. The molecule has 0 aliphatic carbocycles. The van der Waals surface area contributed by atoms with Crippen molar-refractivity contribution in [3.05, 3.63) is 23.4 Å². The number of primary amides is 1. The van der Waals surface area contributed by atoms with Gasteiger partial charge in [0, 0.05) is 17.8 Å². The molecule has 1 heterocycles. The number of aryl methyl sites for hydroxylation is 1. The predicted octanol–water partition coefficient (Wildman–Crippen LogP) is 1.01. The first-order chi connectivity index (χ1) is 8.43. The van der Waals surface area contributed by atoms with E-state index < -0.39 is 17.8 Å². The van der Waals surface area contributed by atoms with Crippen LogP contribution in [-0.4, -0.2) is 28.5 Å². The van der Waals surface area contributed by atoms with Gasteiger partial charge in [-0.3, -0.25) is 9.59 Å². The fraction of sp³-hybridized carbons (Fsp3) is 0.417. The largest absolute Gasteiger partial charge is 0.481 e. The summed E-state index contributed by atoms with van der Waals surface area (Å²) in [5, 5.41) is 11.8. The number of pyridine rings is 1. The average Bonchev–Trinajstić information content (AvgIpc) is 2.28. The molecule has 0 fully saturated rings. The van der Waals surface area contributed by atoms with Crippen LogP contribution >= 0.6 is 0 Å². The number of carbonyl (C=O) groups is 2. The first-order valence-corrected chi connectivity index (χ1v) is 5.69. The van der Waals surface area contributed by atoms with Gasteiger partial charge in [0.15, 0.2) is 0 Å². The van der Waals surface area contributed by atoms with Crippen molar-refractivity contribution in [2.45, 2.75) is 20.3 Å². The highest BCUT2D eigenvalue weighted by Crippen LogP contribution is 2.11. The van der Waals surface area contributed by atoms with Gasteiger partial charge in [-0.15, -0.1) is 0 Å². The molecule has 4 N–H and O–H groups in total. The predicted molar refractivity (Wildman–Crippen MR) is 67.4 cm³/mol. The maximum atomic E-state index is 11.1. The molecule has 0 aliphatic rings. The molecule has 0 spiro atoms. The molecular weight excluding hydrogens is 234 g/mol. The standard InChI is InChI=1S/C12H17N3O3/c1-3-8(12(17)18)6-14-10-5-9(11(13)16)4-7(2)15-10/h4-5,8H,3,6H2,1-2H3,(H2,13,16)(H,14,15)(H,17,18). The van der Waals surface area contributed by atoms with Gasteiger partial charge in [0.25, 0.3) is 0 Å². The minimum atomic E-state index is -0.854. The summed E-state index contributed by atoms with van der Waals surface area (Å²) in [4.78, 5) is 26.1. The molecule has 0 aliphatic heterocycles. The highest BCUT2D eigenvalue weighted by molar-refractivity contribution is 5.93. The minimum absolute atomic E-state index is 0.264. The average molecular weight is 251 g/mol. The van der Waals surface area contributed by atoms with Gasteiger partial charge in [0.05, 0.1) is 5.92 Å². The van der Waals surface area contributed by atoms with Crippen LogP contribution in [0.3, 0.4) is 0 Å². The number of aromatic nitrogens is 1. The zero-order valence-corrected chi connectivity index (χ0v) is 10.4. The monoisotopic (exact) mass is 251 g/mol. The fourth-order valence-corrected chi connectivity index (χ4v) is 1.54. The van der Waals surface area contributed by atoms with Crippen molar-refractivity contribution >= 4 is 17.7 Å². The lowest BCUT2D eigenvalue weighted by Crippen LogP contribution is -2.22. The number of anilines is 1. The Hall–Kier alpha value is -2.11. The van der Waals surface area contributed by atoms with Gasteiger partial charge in [-0.05, 0) is 25.5 Å². The van der Waals surface area contributed by atoms with Crippen LogP contribution in [0.2, 0.25) is 0 Å². The highest BCUT2D eigenvalue weighted by atomic mass is 16.4. The molecule has 6 heteroatoms. The van der Waals surface area contributed by atoms with E-state index in [-0.39, 0.29) is 6.54 Å². The van der Waals surface area contributed by atoms with E-state index in [2.05, 4.69) is 10.3 Å². The number of hydrogen-bond acceptors (Lipinski definition) is 4. The Morgan fingerprint density at radius 3 is 2.67 bits per heavy atom. The first kappa shape index (κ1) is 14.0. The molecule has 0 aromatic carbocycles. The number of carboxylic acid groups (broad SMARTS) is 1. The molecular formula is C12H17N3O3. The van der Waals surface area contributed by atoms with Crippen molar-refractivity contribution in [2.24, 2.45) is 11.7 Å². The molecule has 0 radical (unpaired) electrons. The van der Waals surface area contributed by atoms with Crippen LogP contribution in [0.15, 0.2) is 12.1 Å². The third kappa shape index (κ3) is 3.73. The lowest BCUT2D eigenvalue weighted by atomic mass is 10.1. The van der Waals surface area contributed by atoms with Gasteiger partial charge in [-0.25, -0.2) is 4.98 Å². The van der Waals surface area contributed by atoms with Crippen molar-refractivity contribution in [2.75, 3.05) is 11.9 Å². The van der Waals surface area contributed by atoms with Crippen molar-refractivity contribution in [1.29, 1.82) is 0 Å². The maximum absolute atomic E-state index is 11.1. The fourth-order valence-electron chi connectivity index (χ4n) is 1.54. The second-order valence-electron chi connectivity index (χ2n) is 4.07. The number of nitrogens with two attached hydrogens (primary N) is 1. The first-order valence-electron chi connectivity index (χ1n) is 5.69. The zero-order chi connectivity index (χ0) is 13.7. The summed E-state index contributed by atoms with van der Waals surface area (Å²) in [7, 11) is 0. The zero-order valence-electron chi connectivity index (χ0n) is 10.4. The smallest absolute Gasteiger partial charge is 0.308 e. The Morgan fingerprint density at radius 1 is 1.50 bits per heavy atom. The maximum Gasteiger partial charge on any atom is 0.308 e. The number of hydrogen-bond donors (Lipinski definition) is 3. The molecule has 0 saturated carbocycles. The molecule has 1 aromatic heterocycles. The van der Waals surface area contributed by atoms with E-state index in [4.69, 9.17) is 10.8 Å². The molecule has 0 bridgehead atoms. The molecule has 1 rings (SSSR count). The number of amides is 1. The lowest BCUT2D eigenvalue weighted by Gasteiger charge is -2.12. The summed E-state index contributed by atoms with van der Waals surface area (Å²) < 4.78 is 0. The van der Waals surface area contributed by atoms with Gasteiger partial charge in [-0.2, -0.15) is 0 Å². The Balaban J connectivity index is 2.78. The number of nitrogens with one attached hydrogen (secondary N) is 1. The summed E-state index contributed by atoms with van der Waals surface area (Å²) in [5.74, 6) is -1.41. The second kappa shape index (κ2) is 6.00. The summed E-state index contributed by atoms with van der Waals surface area (Å²) in [6.07, 6.45) is 0.525. The van der Waals surface area contributed by atoms with E-state index in [0.717, 1.165) is 0 Å². The number of aliphatic carboxylic acids is 1. The molecule has 18 heavy (non-hydrogen) atoms. The van der Waals surface area contributed by atoms with Crippen LogP contribution in [0.1, 0.15) is 29.4 Å². The minimum Gasteiger partial charge on any atom is -0.481 e. The van der Waals surface area contributed by atoms with Crippen LogP contribution in [0.4, 0.5) is 5.82 Å². The molecule has 1 atom stereocenters. The summed E-state index contributed by atoms with van der Waals surface area (Å²) in [6.45, 7) is 3.81. The van der Waals surface area contributed by atoms with Crippen molar-refractivity contribution < 1.29 is 14.7 Å². The quantitative estimate of drug-likeness (QED) is 0.699. The lowest BCUT2D eigenvalue weighted by molar-refractivity contribution is -0.141. The molecule has 1 aromatic rings. The van der Waals surface area contributed by atoms with Gasteiger partial charge in [0.1, 0.15) is 5.82 Å². The summed E-state index contributed by atoms with van der Waals surface area (Å²) in [5.41, 5.74) is 6.20. The molecule has 0 saturated heterocycles. The van der Waals surface area contributed by atoms with E-state index in [1.807, 2.05) is 0 Å². The van der Waals surface area contributed by atoms with Gasteiger partial charge in [-0.1, -0.05) is 6.92 Å². The Bertz CT molecular complexity index is 460. The Labute approximate surface area is 105 Å². The van der Waals surface area contributed by atoms with Crippen LogP contribution < -0.4 is 11.1 Å². The topological polar surface area (TPSA) is 105 Å². The third-order valence-electron chi connectivity index (χ3n) is 2.61. The van der Waals surface area contributed by atoms with E-state index in [9.17, 15) is 9.59 Å². The number of carboxylic acids is 1. The Morgan fingerprint density at radius 2 is 2.17 bits per heavy atom. The Kier molecular flexibility index (Phi) is 4.65. The van der Waals surface area contributed by atoms with E-state index in [1.165, 1.54) is 6.07 Å². The normalized spacial score (nSPS) is 11.9. The van der Waals surface area contributed by atoms with Gasteiger partial charge < -0.3 is 16.2 Å². The van der Waals surface area contributed by atoms with Crippen LogP contribution in [0.25, 0.3) is 0 Å². The number of nitrogens with zero attached hydrogens (tertiary/aromatic N) is 1.